The molecule has 1 aliphatic heterocycles. The maximum Gasteiger partial charge on any atom is 0.257 e. The third-order valence-electron chi connectivity index (χ3n) is 6.17. The second-order valence-corrected chi connectivity index (χ2v) is 8.72. The van der Waals surface area contributed by atoms with Crippen LogP contribution in [0.25, 0.3) is 0 Å². The molecule has 8 heteroatoms. The quantitative estimate of drug-likeness (QED) is 0.511. The SMILES string of the molecule is Cc1ccc(OCc2c(C(=O)NCc3cccnc3)c(=O)cc(C)n2CCN2CCOCC2)cc1. The molecule has 3 heterocycles. The summed E-state index contributed by atoms with van der Waals surface area (Å²) in [6.45, 7) is 8.91. The highest BCUT2D eigenvalue weighted by atomic mass is 16.5. The molecule has 1 aromatic carbocycles. The minimum absolute atomic E-state index is 0.110. The smallest absolute Gasteiger partial charge is 0.257 e. The van der Waals surface area contributed by atoms with Crippen molar-refractivity contribution >= 4 is 5.91 Å². The zero-order chi connectivity index (χ0) is 24.6. The summed E-state index contributed by atoms with van der Waals surface area (Å²) in [5, 5.41) is 2.88. The molecular weight excluding hydrogens is 444 g/mol. The summed E-state index contributed by atoms with van der Waals surface area (Å²) in [6, 6.07) is 13.0. The van der Waals surface area contributed by atoms with E-state index in [-0.39, 0.29) is 24.1 Å². The molecule has 0 saturated carbocycles. The molecule has 0 aliphatic carbocycles. The molecule has 1 saturated heterocycles. The lowest BCUT2D eigenvalue weighted by molar-refractivity contribution is 0.0361. The molecule has 1 aliphatic rings. The molecule has 1 N–H and O–H groups in total. The van der Waals surface area contributed by atoms with Crippen LogP contribution in [0.4, 0.5) is 0 Å². The van der Waals surface area contributed by atoms with Gasteiger partial charge in [-0.2, -0.15) is 0 Å². The molecular formula is C27H32N4O4. The fourth-order valence-corrected chi connectivity index (χ4v) is 4.16. The first-order valence-corrected chi connectivity index (χ1v) is 11.9. The number of benzene rings is 1. The lowest BCUT2D eigenvalue weighted by Crippen LogP contribution is -2.39. The van der Waals surface area contributed by atoms with E-state index in [1.165, 1.54) is 6.07 Å². The van der Waals surface area contributed by atoms with Crippen LogP contribution >= 0.6 is 0 Å². The van der Waals surface area contributed by atoms with Crippen molar-refractivity contribution in [2.75, 3.05) is 32.8 Å². The Morgan fingerprint density at radius 3 is 2.60 bits per heavy atom. The van der Waals surface area contributed by atoms with Crippen LogP contribution < -0.4 is 15.5 Å². The Hall–Kier alpha value is -3.49. The number of carbonyl (C=O) groups is 1. The lowest BCUT2D eigenvalue weighted by Gasteiger charge is -2.28. The summed E-state index contributed by atoms with van der Waals surface area (Å²) in [6.07, 6.45) is 3.37. The number of amides is 1. The van der Waals surface area contributed by atoms with Crippen LogP contribution in [0.3, 0.4) is 0 Å². The number of nitrogens with one attached hydrogen (secondary N) is 1. The van der Waals surface area contributed by atoms with Gasteiger partial charge in [0.1, 0.15) is 17.9 Å². The van der Waals surface area contributed by atoms with Gasteiger partial charge in [-0.1, -0.05) is 23.8 Å². The fourth-order valence-electron chi connectivity index (χ4n) is 4.16. The summed E-state index contributed by atoms with van der Waals surface area (Å²) >= 11 is 0. The van der Waals surface area contributed by atoms with Gasteiger partial charge in [0.15, 0.2) is 5.43 Å². The number of nitrogens with zero attached hydrogens (tertiary/aromatic N) is 3. The summed E-state index contributed by atoms with van der Waals surface area (Å²) in [5.41, 5.74) is 3.18. The van der Waals surface area contributed by atoms with E-state index in [2.05, 4.69) is 15.2 Å². The van der Waals surface area contributed by atoms with E-state index in [4.69, 9.17) is 9.47 Å². The average molecular weight is 477 g/mol. The van der Waals surface area contributed by atoms with E-state index in [0.29, 0.717) is 31.2 Å². The van der Waals surface area contributed by atoms with Crippen LogP contribution in [0.15, 0.2) is 59.7 Å². The van der Waals surface area contributed by atoms with Crippen molar-refractivity contribution in [3.05, 3.63) is 93.2 Å². The van der Waals surface area contributed by atoms with Crippen LogP contribution in [-0.2, 0) is 24.4 Å². The third-order valence-corrected chi connectivity index (χ3v) is 6.17. The van der Waals surface area contributed by atoms with E-state index in [9.17, 15) is 9.59 Å². The normalized spacial score (nSPS) is 14.0. The number of hydrogen-bond donors (Lipinski definition) is 1. The molecule has 184 valence electrons. The minimum atomic E-state index is -0.415. The van der Waals surface area contributed by atoms with Gasteiger partial charge in [0.2, 0.25) is 0 Å². The molecule has 1 amide bonds. The van der Waals surface area contributed by atoms with Gasteiger partial charge >= 0.3 is 0 Å². The highest BCUT2D eigenvalue weighted by Crippen LogP contribution is 2.17. The predicted molar refractivity (Wildman–Crippen MR) is 134 cm³/mol. The number of pyridine rings is 2. The van der Waals surface area contributed by atoms with E-state index < -0.39 is 5.91 Å². The van der Waals surface area contributed by atoms with Crippen molar-refractivity contribution in [2.45, 2.75) is 33.5 Å². The Bertz CT molecular complexity index is 1190. The first-order valence-electron chi connectivity index (χ1n) is 11.9. The monoisotopic (exact) mass is 476 g/mol. The van der Waals surface area contributed by atoms with E-state index in [1.807, 2.05) is 54.8 Å². The predicted octanol–water partition coefficient (Wildman–Crippen LogP) is 2.70. The topological polar surface area (TPSA) is 85.7 Å². The third kappa shape index (κ3) is 6.55. The second-order valence-electron chi connectivity index (χ2n) is 8.72. The second kappa shape index (κ2) is 11.8. The van der Waals surface area contributed by atoms with Crippen molar-refractivity contribution in [3.8, 4) is 5.75 Å². The Kier molecular flexibility index (Phi) is 8.28. The minimum Gasteiger partial charge on any atom is -0.487 e. The van der Waals surface area contributed by atoms with Gasteiger partial charge in [-0.3, -0.25) is 19.5 Å². The number of aromatic nitrogens is 2. The van der Waals surface area contributed by atoms with Crippen molar-refractivity contribution < 1.29 is 14.3 Å². The van der Waals surface area contributed by atoms with Crippen LogP contribution in [-0.4, -0.2) is 53.2 Å². The Morgan fingerprint density at radius 1 is 1.11 bits per heavy atom. The zero-order valence-electron chi connectivity index (χ0n) is 20.3. The number of aryl methyl sites for hydroxylation is 2. The van der Waals surface area contributed by atoms with Crippen LogP contribution in [0.5, 0.6) is 5.75 Å². The molecule has 0 bridgehead atoms. The molecule has 2 aromatic heterocycles. The number of carbonyl (C=O) groups excluding carboxylic acids is 1. The van der Waals surface area contributed by atoms with Crippen molar-refractivity contribution in [3.63, 3.8) is 0 Å². The summed E-state index contributed by atoms with van der Waals surface area (Å²) in [7, 11) is 0. The number of hydrogen-bond acceptors (Lipinski definition) is 6. The molecule has 8 nitrogen and oxygen atoms in total. The molecule has 0 spiro atoms. The highest BCUT2D eigenvalue weighted by Gasteiger charge is 2.22. The maximum absolute atomic E-state index is 13.3. The maximum atomic E-state index is 13.3. The number of rotatable bonds is 9. The van der Waals surface area contributed by atoms with Crippen LogP contribution in [0.2, 0.25) is 0 Å². The Labute approximate surface area is 205 Å². The van der Waals surface area contributed by atoms with E-state index >= 15 is 0 Å². The van der Waals surface area contributed by atoms with E-state index in [1.54, 1.807) is 12.4 Å². The van der Waals surface area contributed by atoms with Gasteiger partial charge in [-0.05, 0) is 37.6 Å². The first-order chi connectivity index (χ1) is 17.0. The van der Waals surface area contributed by atoms with Gasteiger partial charge in [-0.25, -0.2) is 0 Å². The van der Waals surface area contributed by atoms with Crippen LogP contribution in [0.1, 0.15) is 32.9 Å². The standard InChI is InChI=1S/C27H32N4O4/c1-20-5-7-23(8-6-20)35-19-24-26(27(33)29-18-22-4-3-9-28-17-22)25(32)16-21(2)31(24)11-10-30-12-14-34-15-13-30/h3-9,16-17H,10-15,18-19H2,1-2H3,(H,29,33). The van der Waals surface area contributed by atoms with Gasteiger partial charge in [0.05, 0.1) is 18.9 Å². The van der Waals surface area contributed by atoms with Crippen LogP contribution in [0, 0.1) is 13.8 Å². The van der Waals surface area contributed by atoms with Gasteiger partial charge in [0.25, 0.3) is 5.91 Å². The Balaban J connectivity index is 1.61. The fraction of sp³-hybridized carbons (Fsp3) is 0.370. The molecule has 35 heavy (non-hydrogen) atoms. The van der Waals surface area contributed by atoms with Crippen molar-refractivity contribution in [1.29, 1.82) is 0 Å². The zero-order valence-corrected chi connectivity index (χ0v) is 20.3. The number of ether oxygens (including phenoxy) is 2. The van der Waals surface area contributed by atoms with E-state index in [0.717, 1.165) is 36.5 Å². The molecule has 1 fully saturated rings. The largest absolute Gasteiger partial charge is 0.487 e. The summed E-state index contributed by atoms with van der Waals surface area (Å²) in [4.78, 5) is 32.7. The molecule has 3 aromatic rings. The number of morpholine rings is 1. The molecule has 0 unspecified atom stereocenters. The summed E-state index contributed by atoms with van der Waals surface area (Å²) in [5.74, 6) is 0.271. The Morgan fingerprint density at radius 2 is 1.89 bits per heavy atom. The van der Waals surface area contributed by atoms with Gasteiger partial charge in [-0.15, -0.1) is 0 Å². The van der Waals surface area contributed by atoms with Gasteiger partial charge in [0, 0.05) is 56.9 Å². The lowest BCUT2D eigenvalue weighted by atomic mass is 10.1. The molecule has 4 rings (SSSR count). The average Bonchev–Trinajstić information content (AvgIpc) is 2.87. The van der Waals surface area contributed by atoms with Gasteiger partial charge < -0.3 is 19.4 Å². The first kappa shape index (κ1) is 24.6. The van der Waals surface area contributed by atoms with Crippen molar-refractivity contribution in [1.82, 2.24) is 19.8 Å². The highest BCUT2D eigenvalue weighted by molar-refractivity contribution is 5.95. The summed E-state index contributed by atoms with van der Waals surface area (Å²) < 4.78 is 13.5. The van der Waals surface area contributed by atoms with Crippen molar-refractivity contribution in [2.24, 2.45) is 0 Å². The molecule has 0 radical (unpaired) electrons. The molecule has 0 atom stereocenters.